The Bertz CT molecular complexity index is 849. The first kappa shape index (κ1) is 16.5. The molecule has 0 saturated carbocycles. The van der Waals surface area contributed by atoms with Crippen LogP contribution in [0.5, 0.6) is 0 Å². The summed E-state index contributed by atoms with van der Waals surface area (Å²) in [6, 6.07) is 20.1. The van der Waals surface area contributed by atoms with Crippen molar-refractivity contribution in [2.75, 3.05) is 5.75 Å². The number of rotatable bonds is 5. The molecule has 0 fully saturated rings. The normalized spacial score (nSPS) is 12.1. The van der Waals surface area contributed by atoms with E-state index in [1.807, 2.05) is 61.5 Å². The number of carbonyl (C=O) groups excluding carboxylic acids is 1. The molecule has 0 aliphatic rings. The Balaban J connectivity index is 1.62. The zero-order valence-electron chi connectivity index (χ0n) is 13.8. The summed E-state index contributed by atoms with van der Waals surface area (Å²) in [6.07, 6.45) is 0. The number of para-hydroxylation sites is 1. The first-order chi connectivity index (χ1) is 11.6. The van der Waals surface area contributed by atoms with E-state index in [4.69, 9.17) is 0 Å². The highest BCUT2D eigenvalue weighted by atomic mass is 32.2. The molecule has 4 heteroatoms. The van der Waals surface area contributed by atoms with Gasteiger partial charge in [0, 0.05) is 5.39 Å². The van der Waals surface area contributed by atoms with Crippen molar-refractivity contribution in [1.82, 2.24) is 10.3 Å². The fraction of sp³-hybridized carbons (Fsp3) is 0.200. The van der Waals surface area contributed by atoms with Crippen molar-refractivity contribution in [1.29, 1.82) is 0 Å². The van der Waals surface area contributed by atoms with E-state index in [9.17, 15) is 4.79 Å². The van der Waals surface area contributed by atoms with E-state index in [-0.39, 0.29) is 11.9 Å². The number of nitrogens with zero attached hydrogens (tertiary/aromatic N) is 1. The minimum absolute atomic E-state index is 0.00518. The third-order valence-corrected chi connectivity index (χ3v) is 4.84. The molecular formula is C20H20N2OS. The summed E-state index contributed by atoms with van der Waals surface area (Å²) in [4.78, 5) is 16.8. The molecule has 2 aromatic carbocycles. The number of hydrogen-bond donors (Lipinski definition) is 1. The number of thioether (sulfide) groups is 1. The first-order valence-electron chi connectivity index (χ1n) is 7.97. The summed E-state index contributed by atoms with van der Waals surface area (Å²) in [6.45, 7) is 4.07. The summed E-state index contributed by atoms with van der Waals surface area (Å²) in [5.41, 5.74) is 3.26. The van der Waals surface area contributed by atoms with Crippen molar-refractivity contribution in [2.24, 2.45) is 0 Å². The van der Waals surface area contributed by atoms with Gasteiger partial charge in [-0.25, -0.2) is 4.98 Å². The number of aryl methyl sites for hydroxylation is 1. The maximum atomic E-state index is 12.2. The maximum absolute atomic E-state index is 12.2. The van der Waals surface area contributed by atoms with Gasteiger partial charge in [0.2, 0.25) is 5.91 Å². The molecule has 1 atom stereocenters. The van der Waals surface area contributed by atoms with Crippen LogP contribution in [-0.4, -0.2) is 16.6 Å². The quantitative estimate of drug-likeness (QED) is 0.697. The molecule has 1 N–H and O–H groups in total. The average Bonchev–Trinajstić information content (AvgIpc) is 2.61. The van der Waals surface area contributed by atoms with Gasteiger partial charge in [-0.2, -0.15) is 0 Å². The molecule has 0 spiro atoms. The smallest absolute Gasteiger partial charge is 0.230 e. The van der Waals surface area contributed by atoms with Gasteiger partial charge in [0.05, 0.1) is 22.3 Å². The van der Waals surface area contributed by atoms with Gasteiger partial charge in [-0.1, -0.05) is 60.3 Å². The number of benzene rings is 2. The predicted octanol–water partition coefficient (Wildman–Crippen LogP) is 4.51. The summed E-state index contributed by atoms with van der Waals surface area (Å²) in [7, 11) is 0. The number of fused-ring (bicyclic) bond motifs is 1. The molecule has 0 saturated heterocycles. The Labute approximate surface area is 146 Å². The summed E-state index contributed by atoms with van der Waals surface area (Å²) < 4.78 is 0. The van der Waals surface area contributed by atoms with E-state index in [0.29, 0.717) is 5.75 Å². The van der Waals surface area contributed by atoms with Gasteiger partial charge in [0.1, 0.15) is 0 Å². The van der Waals surface area contributed by atoms with Gasteiger partial charge in [-0.15, -0.1) is 0 Å². The molecule has 122 valence electrons. The second-order valence-corrected chi connectivity index (χ2v) is 6.78. The minimum atomic E-state index is 0.00518. The Morgan fingerprint density at radius 3 is 2.62 bits per heavy atom. The van der Waals surface area contributed by atoms with Crippen molar-refractivity contribution in [3.05, 3.63) is 71.8 Å². The van der Waals surface area contributed by atoms with E-state index in [1.54, 1.807) is 0 Å². The van der Waals surface area contributed by atoms with Crippen LogP contribution in [0.3, 0.4) is 0 Å². The number of nitrogens with one attached hydrogen (secondary N) is 1. The van der Waals surface area contributed by atoms with Gasteiger partial charge < -0.3 is 5.32 Å². The second kappa shape index (κ2) is 7.49. The first-order valence-corrected chi connectivity index (χ1v) is 8.95. The fourth-order valence-electron chi connectivity index (χ4n) is 2.64. The van der Waals surface area contributed by atoms with Gasteiger partial charge in [0.15, 0.2) is 0 Å². The largest absolute Gasteiger partial charge is 0.349 e. The predicted molar refractivity (Wildman–Crippen MR) is 100 cm³/mol. The molecular weight excluding hydrogens is 316 g/mol. The van der Waals surface area contributed by atoms with Crippen LogP contribution < -0.4 is 5.32 Å². The van der Waals surface area contributed by atoms with Crippen molar-refractivity contribution in [2.45, 2.75) is 24.9 Å². The minimum Gasteiger partial charge on any atom is -0.349 e. The zero-order chi connectivity index (χ0) is 16.9. The van der Waals surface area contributed by atoms with Gasteiger partial charge in [-0.3, -0.25) is 4.79 Å². The van der Waals surface area contributed by atoms with Crippen LogP contribution in [0.1, 0.15) is 24.1 Å². The van der Waals surface area contributed by atoms with E-state index < -0.39 is 0 Å². The number of hydrogen-bond acceptors (Lipinski definition) is 3. The maximum Gasteiger partial charge on any atom is 0.230 e. The lowest BCUT2D eigenvalue weighted by Gasteiger charge is -2.14. The van der Waals surface area contributed by atoms with Gasteiger partial charge >= 0.3 is 0 Å². The van der Waals surface area contributed by atoms with Crippen LogP contribution in [0.4, 0.5) is 0 Å². The molecule has 3 rings (SSSR count). The van der Waals surface area contributed by atoms with Crippen LogP contribution in [0, 0.1) is 6.92 Å². The Kier molecular flexibility index (Phi) is 5.16. The van der Waals surface area contributed by atoms with Crippen molar-refractivity contribution < 1.29 is 4.79 Å². The number of pyridine rings is 1. The van der Waals surface area contributed by atoms with Crippen molar-refractivity contribution in [3.63, 3.8) is 0 Å². The molecule has 0 bridgehead atoms. The summed E-state index contributed by atoms with van der Waals surface area (Å²) in [5.74, 6) is 0.381. The van der Waals surface area contributed by atoms with Crippen molar-refractivity contribution in [3.8, 4) is 0 Å². The Morgan fingerprint density at radius 1 is 1.12 bits per heavy atom. The summed E-state index contributed by atoms with van der Waals surface area (Å²) in [5, 5.41) is 5.07. The molecule has 3 nitrogen and oxygen atoms in total. The number of aromatic nitrogens is 1. The fourth-order valence-corrected chi connectivity index (χ4v) is 3.43. The molecule has 1 amide bonds. The number of carbonyl (C=O) groups is 1. The van der Waals surface area contributed by atoms with E-state index in [1.165, 1.54) is 17.3 Å². The van der Waals surface area contributed by atoms with E-state index in [2.05, 4.69) is 23.3 Å². The van der Waals surface area contributed by atoms with E-state index >= 15 is 0 Å². The van der Waals surface area contributed by atoms with Crippen LogP contribution in [0.25, 0.3) is 10.9 Å². The molecule has 3 aromatic rings. The highest BCUT2D eigenvalue weighted by Gasteiger charge is 2.10. The van der Waals surface area contributed by atoms with Crippen molar-refractivity contribution >= 4 is 28.6 Å². The molecule has 0 aliphatic carbocycles. The lowest BCUT2D eigenvalue weighted by molar-refractivity contribution is -0.119. The molecule has 0 aliphatic heterocycles. The summed E-state index contributed by atoms with van der Waals surface area (Å²) >= 11 is 1.47. The lowest BCUT2D eigenvalue weighted by atomic mass is 10.1. The molecule has 0 unspecified atom stereocenters. The SMILES string of the molecule is Cc1cc(SCC(=O)N[C@H](C)c2ccccc2)nc2ccccc12. The van der Waals surface area contributed by atoms with Crippen LogP contribution >= 0.6 is 11.8 Å². The van der Waals surface area contributed by atoms with Gasteiger partial charge in [0.25, 0.3) is 0 Å². The molecule has 24 heavy (non-hydrogen) atoms. The second-order valence-electron chi connectivity index (χ2n) is 5.78. The molecule has 1 heterocycles. The van der Waals surface area contributed by atoms with Gasteiger partial charge in [-0.05, 0) is 37.1 Å². The van der Waals surface area contributed by atoms with Crippen LogP contribution in [0.2, 0.25) is 0 Å². The third-order valence-electron chi connectivity index (χ3n) is 3.93. The van der Waals surface area contributed by atoms with Crippen LogP contribution in [0.15, 0.2) is 65.7 Å². The topological polar surface area (TPSA) is 42.0 Å². The highest BCUT2D eigenvalue weighted by Crippen LogP contribution is 2.23. The molecule has 1 aromatic heterocycles. The number of amides is 1. The zero-order valence-corrected chi connectivity index (χ0v) is 14.6. The highest BCUT2D eigenvalue weighted by molar-refractivity contribution is 7.99. The average molecular weight is 336 g/mol. The Hall–Kier alpha value is -2.33. The lowest BCUT2D eigenvalue weighted by Crippen LogP contribution is -2.28. The van der Waals surface area contributed by atoms with E-state index in [0.717, 1.165) is 21.5 Å². The van der Waals surface area contributed by atoms with Crippen LogP contribution in [-0.2, 0) is 4.79 Å². The molecule has 0 radical (unpaired) electrons. The Morgan fingerprint density at radius 2 is 1.83 bits per heavy atom. The third kappa shape index (κ3) is 3.95. The monoisotopic (exact) mass is 336 g/mol. The standard InChI is InChI=1S/C20H20N2OS/c1-14-12-20(22-18-11-7-6-10-17(14)18)24-13-19(23)21-15(2)16-8-4-3-5-9-16/h3-12,15H,13H2,1-2H3,(H,21,23)/t15-/m1/s1.